The number of anilines is 1. The Balaban J connectivity index is 0.00000108. The second kappa shape index (κ2) is 28.6. The van der Waals surface area contributed by atoms with Crippen LogP contribution in [0.2, 0.25) is 0 Å². The van der Waals surface area contributed by atoms with Crippen LogP contribution in [0.4, 0.5) is 10.5 Å². The number of allylic oxidation sites excluding steroid dienone is 6. The van der Waals surface area contributed by atoms with Gasteiger partial charge < -0.3 is 19.7 Å². The summed E-state index contributed by atoms with van der Waals surface area (Å²) in [5.41, 5.74) is 9.55. The van der Waals surface area contributed by atoms with Crippen molar-refractivity contribution in [1.82, 2.24) is 4.90 Å². The van der Waals surface area contributed by atoms with Gasteiger partial charge in [-0.1, -0.05) is 121 Å². The first-order chi connectivity index (χ1) is 25.1. The van der Waals surface area contributed by atoms with Gasteiger partial charge in [0.2, 0.25) is 0 Å². The van der Waals surface area contributed by atoms with Crippen molar-refractivity contribution >= 4 is 23.3 Å². The number of ketones is 1. The van der Waals surface area contributed by atoms with Gasteiger partial charge in [0.05, 0.1) is 0 Å². The number of ether oxygens (including phenoxy) is 1. The maximum Gasteiger partial charge on any atom is 0.410 e. The van der Waals surface area contributed by atoms with Crippen molar-refractivity contribution in [2.75, 3.05) is 18.4 Å². The number of hydrogen-bond acceptors (Lipinski definition) is 4. The lowest BCUT2D eigenvalue weighted by Crippen LogP contribution is -2.37. The van der Waals surface area contributed by atoms with E-state index in [0.29, 0.717) is 0 Å². The molecule has 2 aromatic rings. The highest BCUT2D eigenvalue weighted by Crippen LogP contribution is 2.22. The lowest BCUT2D eigenvalue weighted by molar-refractivity contribution is -0.115. The van der Waals surface area contributed by atoms with Crippen LogP contribution in [-0.2, 0) is 16.0 Å². The van der Waals surface area contributed by atoms with E-state index in [2.05, 4.69) is 127 Å². The number of amides is 1. The van der Waals surface area contributed by atoms with Crippen LogP contribution in [0.25, 0.3) is 5.70 Å². The minimum absolute atomic E-state index is 0.167. The Labute approximate surface area is 326 Å². The molecule has 0 aliphatic carbocycles. The largest absolute Gasteiger partial charge is 0.444 e. The van der Waals surface area contributed by atoms with E-state index in [-0.39, 0.29) is 11.9 Å². The minimum atomic E-state index is -0.396. The number of rotatable bonds is 19. The molecule has 0 spiro atoms. The molecule has 0 unspecified atom stereocenters. The molecule has 53 heavy (non-hydrogen) atoms. The summed E-state index contributed by atoms with van der Waals surface area (Å²) in [7, 11) is 0. The molecule has 0 heterocycles. The fraction of sp³-hybridized carbons (Fsp3) is 0.542. The maximum absolute atomic E-state index is 11.9. The predicted molar refractivity (Wildman–Crippen MR) is 233 cm³/mol. The van der Waals surface area contributed by atoms with Gasteiger partial charge in [0, 0.05) is 24.5 Å². The highest BCUT2D eigenvalue weighted by atomic mass is 16.6. The maximum atomic E-state index is 11.9. The Morgan fingerprint density at radius 3 is 2.09 bits per heavy atom. The molecular weight excluding hydrogens is 653 g/mol. The van der Waals surface area contributed by atoms with Crippen LogP contribution in [0.3, 0.4) is 0 Å². The zero-order chi connectivity index (χ0) is 40.2. The SMILES string of the molecule is C=C(Nc1ccc(C)c(C)c1)c1cccc(CCC(=C/C=C(\C)CCC)/C=C/CCC)c1.CC(C)=O.CCCCCCN(CCC)C(=O)OC(C)(C)C. The Bertz CT molecular complexity index is 1440. The smallest absolute Gasteiger partial charge is 0.410 e. The van der Waals surface area contributed by atoms with Gasteiger partial charge in [0.25, 0.3) is 0 Å². The molecule has 5 heteroatoms. The number of hydrogen-bond donors (Lipinski definition) is 1. The van der Waals surface area contributed by atoms with Crippen molar-refractivity contribution in [2.24, 2.45) is 0 Å². The van der Waals surface area contributed by atoms with Crippen molar-refractivity contribution in [2.45, 2.75) is 159 Å². The number of nitrogens with zero attached hydrogens (tertiary/aromatic N) is 1. The summed E-state index contributed by atoms with van der Waals surface area (Å²) >= 11 is 0. The van der Waals surface area contributed by atoms with E-state index in [1.807, 2.05) is 25.7 Å². The summed E-state index contributed by atoms with van der Waals surface area (Å²) in [5.74, 6) is 0.167. The molecule has 2 rings (SSSR count). The van der Waals surface area contributed by atoms with Crippen LogP contribution in [0.1, 0.15) is 156 Å². The third-order valence-corrected chi connectivity index (χ3v) is 8.22. The Kier molecular flexibility index (Phi) is 26.5. The van der Waals surface area contributed by atoms with E-state index in [1.54, 1.807) is 0 Å². The molecule has 0 fully saturated rings. The molecule has 296 valence electrons. The van der Waals surface area contributed by atoms with Gasteiger partial charge in [-0.25, -0.2) is 4.79 Å². The van der Waals surface area contributed by atoms with Crippen molar-refractivity contribution in [3.05, 3.63) is 107 Å². The van der Waals surface area contributed by atoms with Crippen LogP contribution < -0.4 is 5.32 Å². The molecule has 0 atom stereocenters. The third kappa shape index (κ3) is 25.7. The summed E-state index contributed by atoms with van der Waals surface area (Å²) in [6.45, 7) is 29.9. The number of aryl methyl sites for hydroxylation is 3. The zero-order valence-electron chi connectivity index (χ0n) is 35.9. The van der Waals surface area contributed by atoms with Gasteiger partial charge in [-0.3, -0.25) is 0 Å². The van der Waals surface area contributed by atoms with Gasteiger partial charge in [-0.05, 0) is 140 Å². The Morgan fingerprint density at radius 1 is 0.811 bits per heavy atom. The summed E-state index contributed by atoms with van der Waals surface area (Å²) in [5, 5.41) is 3.47. The van der Waals surface area contributed by atoms with E-state index in [0.717, 1.165) is 62.1 Å². The molecular formula is C48H76N2O3. The van der Waals surface area contributed by atoms with Gasteiger partial charge in [-0.15, -0.1) is 0 Å². The van der Waals surface area contributed by atoms with E-state index < -0.39 is 5.60 Å². The lowest BCUT2D eigenvalue weighted by atomic mass is 10.00. The standard InChI is InChI=1S/C31H41N.C14H29NO2.C3H6O/c1-7-9-10-13-28(18-16-24(3)12-8-2)19-20-29-14-11-15-30(23-29)27(6)32-31-21-17-25(4)26(5)22-31;1-6-8-9-10-12-15(11-7-2)13(16)17-14(3,4)5;1-3(2)4/h10-11,13-18,21-23,32H,6-9,12,19-20H2,1-5H3;6-12H2,1-5H3;1-2H3/b13-10+,24-16+,28-18+;;. The second-order valence-corrected chi connectivity index (χ2v) is 15.2. The van der Waals surface area contributed by atoms with Crippen molar-refractivity contribution in [3.63, 3.8) is 0 Å². The Morgan fingerprint density at radius 2 is 1.51 bits per heavy atom. The molecule has 0 aromatic heterocycles. The second-order valence-electron chi connectivity index (χ2n) is 15.2. The number of unbranched alkanes of at least 4 members (excludes halogenated alkanes) is 4. The molecule has 0 bridgehead atoms. The first-order valence-electron chi connectivity index (χ1n) is 20.2. The molecule has 0 aliphatic heterocycles. The molecule has 1 N–H and O–H groups in total. The lowest BCUT2D eigenvalue weighted by Gasteiger charge is -2.27. The first-order valence-corrected chi connectivity index (χ1v) is 20.2. The molecule has 0 aliphatic rings. The number of benzene rings is 2. The van der Waals surface area contributed by atoms with Crippen molar-refractivity contribution in [1.29, 1.82) is 0 Å². The molecule has 1 amide bonds. The average Bonchev–Trinajstić information content (AvgIpc) is 3.08. The van der Waals surface area contributed by atoms with Crippen LogP contribution >= 0.6 is 0 Å². The van der Waals surface area contributed by atoms with Crippen LogP contribution in [0.5, 0.6) is 0 Å². The van der Waals surface area contributed by atoms with Crippen LogP contribution in [0.15, 0.2) is 84.5 Å². The number of carbonyl (C=O) groups is 2. The summed E-state index contributed by atoms with van der Waals surface area (Å²) < 4.78 is 5.40. The molecule has 0 radical (unpaired) electrons. The monoisotopic (exact) mass is 729 g/mol. The third-order valence-electron chi connectivity index (χ3n) is 8.22. The molecule has 2 aromatic carbocycles. The van der Waals surface area contributed by atoms with Gasteiger partial charge in [0.1, 0.15) is 11.4 Å². The minimum Gasteiger partial charge on any atom is -0.444 e. The topological polar surface area (TPSA) is 58.6 Å². The summed E-state index contributed by atoms with van der Waals surface area (Å²) in [6.07, 6.45) is 21.5. The van der Waals surface area contributed by atoms with E-state index in [4.69, 9.17) is 4.74 Å². The van der Waals surface area contributed by atoms with Crippen LogP contribution in [0, 0.1) is 13.8 Å². The molecule has 0 saturated heterocycles. The van der Waals surface area contributed by atoms with Crippen LogP contribution in [-0.4, -0.2) is 35.5 Å². The fourth-order valence-electron chi connectivity index (χ4n) is 5.24. The number of Topliss-reactive ketones (excluding diaryl/α,β-unsaturated/α-hetero) is 1. The van der Waals surface area contributed by atoms with Gasteiger partial charge in [-0.2, -0.15) is 0 Å². The zero-order valence-corrected chi connectivity index (χ0v) is 35.9. The average molecular weight is 729 g/mol. The van der Waals surface area contributed by atoms with Gasteiger partial charge >= 0.3 is 6.09 Å². The highest BCUT2D eigenvalue weighted by molar-refractivity contribution is 5.76. The molecule has 0 saturated carbocycles. The summed E-state index contributed by atoms with van der Waals surface area (Å²) in [4.78, 5) is 23.2. The Hall–Kier alpha value is -3.86. The van der Waals surface area contributed by atoms with E-state index in [9.17, 15) is 9.59 Å². The first kappa shape index (κ1) is 49.1. The number of carbonyl (C=O) groups excluding carboxylic acids is 2. The molecule has 5 nitrogen and oxygen atoms in total. The predicted octanol–water partition coefficient (Wildman–Crippen LogP) is 14.2. The fourth-order valence-corrected chi connectivity index (χ4v) is 5.24. The van der Waals surface area contributed by atoms with Crippen molar-refractivity contribution < 1.29 is 14.3 Å². The highest BCUT2D eigenvalue weighted by Gasteiger charge is 2.21. The van der Waals surface area contributed by atoms with E-state index >= 15 is 0 Å². The number of nitrogens with one attached hydrogen (secondary N) is 1. The quantitative estimate of drug-likeness (QED) is 0.116. The normalized spacial score (nSPS) is 11.6. The van der Waals surface area contributed by atoms with Crippen molar-refractivity contribution in [3.8, 4) is 0 Å². The van der Waals surface area contributed by atoms with Gasteiger partial charge in [0.15, 0.2) is 0 Å². The summed E-state index contributed by atoms with van der Waals surface area (Å²) in [6, 6.07) is 15.2. The van der Waals surface area contributed by atoms with E-state index in [1.165, 1.54) is 80.2 Å².